The number of aliphatic hydroxyl groups is 1. The first-order valence-corrected chi connectivity index (χ1v) is 10.5. The summed E-state index contributed by atoms with van der Waals surface area (Å²) < 4.78 is 28.8. The van der Waals surface area contributed by atoms with E-state index < -0.39 is 13.4 Å². The van der Waals surface area contributed by atoms with Crippen molar-refractivity contribution in [3.63, 3.8) is 0 Å². The van der Waals surface area contributed by atoms with Gasteiger partial charge in [0.15, 0.2) is 0 Å². The van der Waals surface area contributed by atoms with E-state index in [1.807, 2.05) is 0 Å². The Balaban J connectivity index is 1.94. The van der Waals surface area contributed by atoms with Gasteiger partial charge in [-0.1, -0.05) is 0 Å². The molecule has 24 heavy (non-hydrogen) atoms. The summed E-state index contributed by atoms with van der Waals surface area (Å²) in [5.41, 5.74) is -1.16. The van der Waals surface area contributed by atoms with E-state index in [9.17, 15) is 14.5 Å². The predicted molar refractivity (Wildman–Crippen MR) is 88.2 cm³/mol. The Labute approximate surface area is 143 Å². The molecule has 2 unspecified atom stereocenters. The average Bonchev–Trinajstić information content (AvgIpc) is 2.92. The molecule has 0 spiro atoms. The standard InChI is InChI=1S/C17H27O6P/c1-3-21-24(20,22-4-2)23-16-11-13-12(7-5-9-15(13)18)14-8-6-10-17(14,16)19/h11-14,19H,3-10H2,1-2H3/t12?,13?,14-,17-/m1/s1. The van der Waals surface area contributed by atoms with Crippen LogP contribution in [0.1, 0.15) is 52.4 Å². The summed E-state index contributed by atoms with van der Waals surface area (Å²) in [6, 6.07) is 0. The molecule has 1 N–H and O–H groups in total. The van der Waals surface area contributed by atoms with Crippen LogP contribution >= 0.6 is 7.82 Å². The van der Waals surface area contributed by atoms with E-state index in [-0.39, 0.29) is 42.5 Å². The van der Waals surface area contributed by atoms with Crippen LogP contribution in [-0.4, -0.2) is 29.7 Å². The van der Waals surface area contributed by atoms with Crippen molar-refractivity contribution < 1.29 is 28.0 Å². The summed E-state index contributed by atoms with van der Waals surface area (Å²) in [6.07, 6.45) is 6.36. The summed E-state index contributed by atoms with van der Waals surface area (Å²) in [5.74, 6) is 0.276. The number of carbonyl (C=O) groups excluding carboxylic acids is 1. The normalized spacial score (nSPS) is 36.0. The van der Waals surface area contributed by atoms with Crippen LogP contribution in [-0.2, 0) is 22.9 Å². The van der Waals surface area contributed by atoms with E-state index in [1.54, 1.807) is 19.9 Å². The highest BCUT2D eigenvalue weighted by Crippen LogP contribution is 2.59. The fraction of sp³-hybridized carbons (Fsp3) is 0.824. The second-order valence-corrected chi connectivity index (χ2v) is 8.47. The van der Waals surface area contributed by atoms with Gasteiger partial charge >= 0.3 is 7.82 Å². The van der Waals surface area contributed by atoms with Crippen molar-refractivity contribution in [1.29, 1.82) is 0 Å². The maximum atomic E-state index is 12.8. The first-order valence-electron chi connectivity index (χ1n) is 8.99. The van der Waals surface area contributed by atoms with Gasteiger partial charge in [0.2, 0.25) is 0 Å². The van der Waals surface area contributed by atoms with Crippen molar-refractivity contribution >= 4 is 13.6 Å². The molecule has 0 heterocycles. The number of allylic oxidation sites excluding steroid dienone is 1. The van der Waals surface area contributed by atoms with Crippen molar-refractivity contribution in [2.45, 2.75) is 58.0 Å². The molecule has 0 saturated heterocycles. The molecular formula is C17H27O6P. The quantitative estimate of drug-likeness (QED) is 0.731. The number of hydrogen-bond acceptors (Lipinski definition) is 6. The number of ketones is 1. The molecule has 7 heteroatoms. The molecule has 0 aromatic carbocycles. The molecule has 136 valence electrons. The Morgan fingerprint density at radius 1 is 1.25 bits per heavy atom. The summed E-state index contributed by atoms with van der Waals surface area (Å²) in [6.45, 7) is 3.77. The summed E-state index contributed by atoms with van der Waals surface area (Å²) >= 11 is 0. The van der Waals surface area contributed by atoms with Crippen LogP contribution in [0.5, 0.6) is 0 Å². The topological polar surface area (TPSA) is 82.1 Å². The van der Waals surface area contributed by atoms with E-state index in [2.05, 4.69) is 0 Å². The van der Waals surface area contributed by atoms with Gasteiger partial charge in [-0.25, -0.2) is 4.57 Å². The van der Waals surface area contributed by atoms with Gasteiger partial charge in [0, 0.05) is 12.3 Å². The highest BCUT2D eigenvalue weighted by Gasteiger charge is 2.56. The van der Waals surface area contributed by atoms with Gasteiger partial charge in [-0.2, -0.15) is 0 Å². The van der Waals surface area contributed by atoms with Gasteiger partial charge in [0.1, 0.15) is 17.1 Å². The van der Waals surface area contributed by atoms with Gasteiger partial charge in [-0.05, 0) is 63.9 Å². The highest BCUT2D eigenvalue weighted by molar-refractivity contribution is 7.48. The molecule has 0 aromatic heterocycles. The largest absolute Gasteiger partial charge is 0.529 e. The molecule has 2 saturated carbocycles. The third kappa shape index (κ3) is 3.10. The Kier molecular flexibility index (Phi) is 5.22. The molecule has 0 bridgehead atoms. The molecular weight excluding hydrogens is 331 g/mol. The number of carbonyl (C=O) groups is 1. The van der Waals surface area contributed by atoms with Crippen molar-refractivity contribution in [2.75, 3.05) is 13.2 Å². The molecule has 0 amide bonds. The molecule has 0 radical (unpaired) electrons. The van der Waals surface area contributed by atoms with Crippen molar-refractivity contribution in [3.8, 4) is 0 Å². The third-order valence-corrected chi connectivity index (χ3v) is 7.11. The van der Waals surface area contributed by atoms with Crippen molar-refractivity contribution in [1.82, 2.24) is 0 Å². The van der Waals surface area contributed by atoms with E-state index in [0.29, 0.717) is 12.8 Å². The lowest BCUT2D eigenvalue weighted by molar-refractivity contribution is -0.129. The third-order valence-electron chi connectivity index (χ3n) is 5.54. The van der Waals surface area contributed by atoms with Crippen molar-refractivity contribution in [2.24, 2.45) is 17.8 Å². The lowest BCUT2D eigenvalue weighted by Crippen LogP contribution is -2.48. The lowest BCUT2D eigenvalue weighted by Gasteiger charge is -2.45. The maximum absolute atomic E-state index is 12.8. The minimum atomic E-state index is -3.79. The summed E-state index contributed by atoms with van der Waals surface area (Å²) in [5, 5.41) is 11.3. The van der Waals surface area contributed by atoms with Gasteiger partial charge in [0.25, 0.3) is 0 Å². The minimum absolute atomic E-state index is 0.0246. The predicted octanol–water partition coefficient (Wildman–Crippen LogP) is 3.60. The fourth-order valence-electron chi connectivity index (χ4n) is 4.60. The monoisotopic (exact) mass is 358 g/mol. The van der Waals surface area contributed by atoms with Crippen LogP contribution in [0.15, 0.2) is 11.8 Å². The number of rotatable bonds is 6. The van der Waals surface area contributed by atoms with Crippen LogP contribution in [0.4, 0.5) is 0 Å². The van der Waals surface area contributed by atoms with E-state index in [0.717, 1.165) is 25.7 Å². The van der Waals surface area contributed by atoms with Crippen molar-refractivity contribution in [3.05, 3.63) is 11.8 Å². The van der Waals surface area contributed by atoms with Crippen LogP contribution in [0.25, 0.3) is 0 Å². The second-order valence-electron chi connectivity index (χ2n) is 6.88. The van der Waals surface area contributed by atoms with Gasteiger partial charge in [-0.15, -0.1) is 0 Å². The molecule has 2 fully saturated rings. The van der Waals surface area contributed by atoms with E-state index in [1.165, 1.54) is 0 Å². The minimum Gasteiger partial charge on any atom is -0.406 e. The van der Waals surface area contributed by atoms with Gasteiger partial charge < -0.3 is 9.63 Å². The van der Waals surface area contributed by atoms with Gasteiger partial charge in [0.05, 0.1) is 13.2 Å². The van der Waals surface area contributed by atoms with E-state index in [4.69, 9.17) is 13.6 Å². The zero-order valence-electron chi connectivity index (χ0n) is 14.4. The Morgan fingerprint density at radius 2 is 1.96 bits per heavy atom. The fourth-order valence-corrected chi connectivity index (χ4v) is 5.87. The Hall–Kier alpha value is -0.680. The van der Waals surface area contributed by atoms with E-state index >= 15 is 0 Å². The summed E-state index contributed by atoms with van der Waals surface area (Å²) in [4.78, 5) is 12.4. The number of Topliss-reactive ketones (excluding diaryl/α,β-unsaturated/α-hetero) is 1. The average molecular weight is 358 g/mol. The van der Waals surface area contributed by atoms with Crippen LogP contribution in [0.2, 0.25) is 0 Å². The first-order chi connectivity index (χ1) is 11.4. The Morgan fingerprint density at radius 3 is 2.62 bits per heavy atom. The second kappa shape index (κ2) is 6.91. The zero-order chi connectivity index (χ0) is 17.4. The molecule has 3 aliphatic rings. The lowest BCUT2D eigenvalue weighted by atomic mass is 9.63. The highest BCUT2D eigenvalue weighted by atomic mass is 31.2. The number of fused-ring (bicyclic) bond motifs is 3. The van der Waals surface area contributed by atoms with Gasteiger partial charge in [-0.3, -0.25) is 13.8 Å². The number of phosphoric acid groups is 1. The SMILES string of the molecule is CCOP(=O)(OCC)OC1=CC2C(=O)CCCC2[C@H]2CCC[C@]12O. The van der Waals surface area contributed by atoms with Crippen LogP contribution in [0, 0.1) is 17.8 Å². The number of hydrogen-bond donors (Lipinski definition) is 1. The maximum Gasteiger partial charge on any atom is 0.529 e. The first kappa shape index (κ1) is 18.1. The number of phosphoric ester groups is 1. The molecule has 0 aliphatic heterocycles. The Bertz CT molecular complexity index is 563. The van der Waals surface area contributed by atoms with Crippen LogP contribution < -0.4 is 0 Å². The molecule has 0 aromatic rings. The van der Waals surface area contributed by atoms with Crippen LogP contribution in [0.3, 0.4) is 0 Å². The summed E-state index contributed by atoms with van der Waals surface area (Å²) in [7, 11) is -3.79. The molecule has 6 nitrogen and oxygen atoms in total. The zero-order valence-corrected chi connectivity index (χ0v) is 15.3. The molecule has 4 atom stereocenters. The smallest absolute Gasteiger partial charge is 0.406 e. The molecule has 3 aliphatic carbocycles. The molecule has 3 rings (SSSR count).